The van der Waals surface area contributed by atoms with Crippen molar-refractivity contribution in [2.24, 2.45) is 0 Å². The van der Waals surface area contributed by atoms with E-state index in [0.717, 1.165) is 11.8 Å². The molecule has 1 aromatic rings. The molecular formula is C10H9ClO3S. The molecule has 0 fully saturated rings. The first-order valence-electron chi connectivity index (χ1n) is 4.13. The molecule has 0 unspecified atom stereocenters. The van der Waals surface area contributed by atoms with Crippen molar-refractivity contribution in [3.8, 4) is 0 Å². The third-order valence-electron chi connectivity index (χ3n) is 1.65. The summed E-state index contributed by atoms with van der Waals surface area (Å²) in [5, 5.41) is 0.115. The van der Waals surface area contributed by atoms with Crippen LogP contribution in [0.2, 0.25) is 5.02 Å². The molecule has 0 heterocycles. The Bertz CT molecular complexity index is 361. The second kappa shape index (κ2) is 5.78. The average Bonchev–Trinajstić information content (AvgIpc) is 2.26. The van der Waals surface area contributed by atoms with Crippen LogP contribution in [0, 0.1) is 0 Å². The molecule has 0 N–H and O–H groups in total. The molecule has 0 spiro atoms. The smallest absolute Gasteiger partial charge is 0.367 e. The Morgan fingerprint density at radius 1 is 1.33 bits per heavy atom. The molecule has 0 radical (unpaired) electrons. The summed E-state index contributed by atoms with van der Waals surface area (Å²) in [5.41, 5.74) is 0.538. The van der Waals surface area contributed by atoms with Gasteiger partial charge >= 0.3 is 5.30 Å². The fourth-order valence-corrected chi connectivity index (χ4v) is 1.56. The zero-order valence-electron chi connectivity index (χ0n) is 8.03. The number of ether oxygens (including phenoxy) is 1. The van der Waals surface area contributed by atoms with E-state index >= 15 is 0 Å². The van der Waals surface area contributed by atoms with Gasteiger partial charge in [-0.05, 0) is 36.0 Å². The van der Waals surface area contributed by atoms with E-state index in [1.54, 1.807) is 24.3 Å². The van der Waals surface area contributed by atoms with E-state index in [9.17, 15) is 9.59 Å². The number of ketones is 1. The van der Waals surface area contributed by atoms with Crippen LogP contribution in [0.3, 0.4) is 0 Å². The van der Waals surface area contributed by atoms with Gasteiger partial charge in [-0.2, -0.15) is 0 Å². The fourth-order valence-electron chi connectivity index (χ4n) is 0.903. The predicted octanol–water partition coefficient (Wildman–Crippen LogP) is 3.02. The van der Waals surface area contributed by atoms with Gasteiger partial charge in [-0.25, -0.2) is 4.79 Å². The number of rotatable bonds is 3. The van der Waals surface area contributed by atoms with Gasteiger partial charge in [-0.15, -0.1) is 0 Å². The van der Waals surface area contributed by atoms with Crippen LogP contribution in [0.15, 0.2) is 24.3 Å². The van der Waals surface area contributed by atoms with Crippen molar-refractivity contribution in [3.05, 3.63) is 34.9 Å². The lowest BCUT2D eigenvalue weighted by atomic mass is 10.1. The molecule has 15 heavy (non-hydrogen) atoms. The minimum Gasteiger partial charge on any atom is -0.461 e. The maximum absolute atomic E-state index is 11.5. The molecule has 5 heteroatoms. The van der Waals surface area contributed by atoms with Crippen molar-refractivity contribution in [1.29, 1.82) is 0 Å². The van der Waals surface area contributed by atoms with Gasteiger partial charge in [-0.1, -0.05) is 11.6 Å². The molecule has 0 atom stereocenters. The summed E-state index contributed by atoms with van der Waals surface area (Å²) in [5.74, 6) is -0.0454. The fraction of sp³-hybridized carbons (Fsp3) is 0.200. The van der Waals surface area contributed by atoms with Crippen molar-refractivity contribution >= 4 is 34.4 Å². The molecule has 0 saturated carbocycles. The van der Waals surface area contributed by atoms with Crippen molar-refractivity contribution in [2.45, 2.75) is 0 Å². The molecule has 0 aliphatic heterocycles. The SMILES string of the molecule is COC(=O)SCC(=O)c1ccc(Cl)cc1. The second-order valence-corrected chi connectivity index (χ2v) is 4.02. The lowest BCUT2D eigenvalue weighted by molar-refractivity contribution is 0.102. The standard InChI is InChI=1S/C10H9ClO3S/c1-14-10(13)15-6-9(12)7-2-4-8(11)5-3-7/h2-5H,6H2,1H3. The van der Waals surface area contributed by atoms with Crippen LogP contribution in [-0.2, 0) is 4.74 Å². The first-order valence-corrected chi connectivity index (χ1v) is 5.49. The number of hydrogen-bond donors (Lipinski definition) is 0. The summed E-state index contributed by atoms with van der Waals surface area (Å²) in [7, 11) is 1.28. The van der Waals surface area contributed by atoms with Crippen LogP contribution in [0.25, 0.3) is 0 Å². The van der Waals surface area contributed by atoms with Crippen LogP contribution in [-0.4, -0.2) is 23.9 Å². The van der Waals surface area contributed by atoms with Gasteiger partial charge in [0, 0.05) is 10.6 Å². The lowest BCUT2D eigenvalue weighted by Gasteiger charge is -1.99. The van der Waals surface area contributed by atoms with Crippen molar-refractivity contribution in [2.75, 3.05) is 12.9 Å². The summed E-state index contributed by atoms with van der Waals surface area (Å²) in [6.45, 7) is 0. The van der Waals surface area contributed by atoms with E-state index in [0.29, 0.717) is 10.6 Å². The van der Waals surface area contributed by atoms with Crippen LogP contribution in [0.4, 0.5) is 4.79 Å². The summed E-state index contributed by atoms with van der Waals surface area (Å²) in [6, 6.07) is 6.53. The molecule has 0 bridgehead atoms. The topological polar surface area (TPSA) is 43.4 Å². The van der Waals surface area contributed by atoms with Gasteiger partial charge in [0.1, 0.15) is 0 Å². The third-order valence-corrected chi connectivity index (χ3v) is 2.71. The molecule has 80 valence electrons. The molecule has 1 aromatic carbocycles. The van der Waals surface area contributed by atoms with E-state index in [-0.39, 0.29) is 11.5 Å². The highest BCUT2D eigenvalue weighted by Gasteiger charge is 2.09. The number of Topliss-reactive ketones (excluding diaryl/α,β-unsaturated/α-hetero) is 1. The van der Waals surface area contributed by atoms with Crippen LogP contribution >= 0.6 is 23.4 Å². The summed E-state index contributed by atoms with van der Waals surface area (Å²) in [4.78, 5) is 22.3. The van der Waals surface area contributed by atoms with Gasteiger partial charge in [0.15, 0.2) is 5.78 Å². The predicted molar refractivity (Wildman–Crippen MR) is 60.6 cm³/mol. The lowest BCUT2D eigenvalue weighted by Crippen LogP contribution is -2.05. The Hall–Kier alpha value is -1.00. The molecule has 0 amide bonds. The molecule has 0 saturated heterocycles. The first kappa shape index (κ1) is 12.1. The van der Waals surface area contributed by atoms with Crippen LogP contribution in [0.5, 0.6) is 0 Å². The van der Waals surface area contributed by atoms with Gasteiger partial charge < -0.3 is 4.74 Å². The number of benzene rings is 1. The zero-order valence-corrected chi connectivity index (χ0v) is 9.60. The Kier molecular flexibility index (Phi) is 4.65. The van der Waals surface area contributed by atoms with Crippen molar-refractivity contribution < 1.29 is 14.3 Å². The first-order chi connectivity index (χ1) is 7.13. The zero-order chi connectivity index (χ0) is 11.3. The summed E-state index contributed by atoms with van der Waals surface area (Å²) in [6.07, 6.45) is 0. The molecular weight excluding hydrogens is 236 g/mol. The Morgan fingerprint density at radius 3 is 2.47 bits per heavy atom. The van der Waals surface area contributed by atoms with Crippen molar-refractivity contribution in [3.63, 3.8) is 0 Å². The van der Waals surface area contributed by atoms with Crippen molar-refractivity contribution in [1.82, 2.24) is 0 Å². The Morgan fingerprint density at radius 2 is 1.93 bits per heavy atom. The summed E-state index contributed by atoms with van der Waals surface area (Å²) < 4.78 is 4.41. The maximum atomic E-state index is 11.5. The number of carbonyl (C=O) groups excluding carboxylic acids is 2. The maximum Gasteiger partial charge on any atom is 0.367 e. The highest BCUT2D eigenvalue weighted by molar-refractivity contribution is 8.13. The van der Waals surface area contributed by atoms with Crippen LogP contribution < -0.4 is 0 Å². The molecule has 0 aromatic heterocycles. The van der Waals surface area contributed by atoms with Crippen LogP contribution in [0.1, 0.15) is 10.4 Å². The molecule has 0 aliphatic rings. The van der Waals surface area contributed by atoms with Gasteiger partial charge in [0.25, 0.3) is 0 Å². The van der Waals surface area contributed by atoms with E-state index in [1.165, 1.54) is 7.11 Å². The van der Waals surface area contributed by atoms with Gasteiger partial charge in [-0.3, -0.25) is 4.79 Å². The average molecular weight is 245 g/mol. The number of hydrogen-bond acceptors (Lipinski definition) is 4. The Labute approximate surface area is 96.8 Å². The largest absolute Gasteiger partial charge is 0.461 e. The number of carbonyl (C=O) groups is 2. The highest BCUT2D eigenvalue weighted by Crippen LogP contribution is 2.13. The van der Waals surface area contributed by atoms with E-state index in [1.807, 2.05) is 0 Å². The normalized spacial score (nSPS) is 9.73. The van der Waals surface area contributed by atoms with Gasteiger partial charge in [0.05, 0.1) is 12.9 Å². The van der Waals surface area contributed by atoms with E-state index < -0.39 is 5.30 Å². The second-order valence-electron chi connectivity index (χ2n) is 2.67. The minimum atomic E-state index is -0.461. The molecule has 0 aliphatic carbocycles. The van der Waals surface area contributed by atoms with E-state index in [2.05, 4.69) is 4.74 Å². The quantitative estimate of drug-likeness (QED) is 0.606. The summed E-state index contributed by atoms with van der Waals surface area (Å²) >= 11 is 6.52. The number of halogens is 1. The van der Waals surface area contributed by atoms with Gasteiger partial charge in [0.2, 0.25) is 0 Å². The Balaban J connectivity index is 2.54. The van der Waals surface area contributed by atoms with E-state index in [4.69, 9.17) is 11.6 Å². The number of methoxy groups -OCH3 is 1. The third kappa shape index (κ3) is 3.93. The minimum absolute atomic E-state index is 0.0777. The molecule has 3 nitrogen and oxygen atoms in total. The number of thioether (sulfide) groups is 1. The molecule has 1 rings (SSSR count). The highest BCUT2D eigenvalue weighted by atomic mass is 35.5. The monoisotopic (exact) mass is 244 g/mol.